The molecule has 1 aliphatic carbocycles. The molecule has 0 saturated heterocycles. The van der Waals surface area contributed by atoms with Crippen LogP contribution in [0.5, 0.6) is 5.75 Å². The summed E-state index contributed by atoms with van der Waals surface area (Å²) in [7, 11) is 0. The number of nitrogens with one attached hydrogen (secondary N) is 1. The zero-order chi connectivity index (χ0) is 27.4. The fourth-order valence-corrected chi connectivity index (χ4v) is 6.47. The first-order valence-corrected chi connectivity index (χ1v) is 13.8. The molecule has 2 aliphatic rings. The van der Waals surface area contributed by atoms with Gasteiger partial charge in [0, 0.05) is 46.3 Å². The maximum Gasteiger partial charge on any atom is 0.162 e. The van der Waals surface area contributed by atoms with Crippen molar-refractivity contribution in [1.29, 1.82) is 0 Å². The Morgan fingerprint density at radius 1 is 0.825 bits per heavy atom. The molecule has 0 amide bonds. The Morgan fingerprint density at radius 2 is 1.48 bits per heavy atom. The highest BCUT2D eigenvalue weighted by molar-refractivity contribution is 6.04. The summed E-state index contributed by atoms with van der Waals surface area (Å²) in [5.41, 5.74) is 8.90. The van der Waals surface area contributed by atoms with Gasteiger partial charge in [0.15, 0.2) is 5.78 Å². The van der Waals surface area contributed by atoms with E-state index in [1.54, 1.807) is 0 Å². The highest BCUT2D eigenvalue weighted by Gasteiger charge is 2.41. The molecule has 0 radical (unpaired) electrons. The molecular weight excluding hydrogens is 492 g/mol. The van der Waals surface area contributed by atoms with Gasteiger partial charge in [0.1, 0.15) is 5.75 Å². The van der Waals surface area contributed by atoms with Gasteiger partial charge in [-0.25, -0.2) is 0 Å². The van der Waals surface area contributed by atoms with Crippen LogP contribution in [0.2, 0.25) is 0 Å². The van der Waals surface area contributed by atoms with Gasteiger partial charge >= 0.3 is 0 Å². The maximum atomic E-state index is 13.9. The minimum atomic E-state index is -0.285. The van der Waals surface area contributed by atoms with Gasteiger partial charge in [-0.15, -0.1) is 0 Å². The zero-order valence-electron chi connectivity index (χ0n) is 22.6. The molecule has 196 valence electrons. The lowest BCUT2D eigenvalue weighted by atomic mass is 9.68. The Labute approximate surface area is 234 Å². The van der Waals surface area contributed by atoms with E-state index in [4.69, 9.17) is 4.98 Å². The van der Waals surface area contributed by atoms with Crippen LogP contribution >= 0.6 is 0 Å². The second-order valence-electron chi connectivity index (χ2n) is 11.7. The van der Waals surface area contributed by atoms with Crippen molar-refractivity contribution in [3.63, 3.8) is 0 Å². The second-order valence-corrected chi connectivity index (χ2v) is 11.7. The standard InChI is InChI=1S/C36H30N2O2/c1-36(2)20-29-32(30(39)21-36)31(26-16-15-24-14-9-17-37-33(24)34(26)38-29)25-18-27(22-10-5-3-6-11-22)35(40)28(19-25)23-12-7-4-8-13-23/h3-19,31,38,40H,20-21H2,1-2H3. The number of phenolic OH excluding ortho intramolecular Hbond substituents is 1. The molecule has 7 rings (SSSR count). The topological polar surface area (TPSA) is 62.2 Å². The summed E-state index contributed by atoms with van der Waals surface area (Å²) in [4.78, 5) is 18.7. The molecule has 1 atom stereocenters. The summed E-state index contributed by atoms with van der Waals surface area (Å²) in [5.74, 6) is 0.124. The molecule has 4 nitrogen and oxygen atoms in total. The predicted octanol–water partition coefficient (Wildman–Crippen LogP) is 8.48. The molecule has 4 heteroatoms. The Morgan fingerprint density at radius 3 is 2.12 bits per heavy atom. The number of ketones is 1. The summed E-state index contributed by atoms with van der Waals surface area (Å²) >= 11 is 0. The summed E-state index contributed by atoms with van der Waals surface area (Å²) in [5, 5.41) is 16.3. The van der Waals surface area contributed by atoms with Crippen LogP contribution in [0.3, 0.4) is 0 Å². The average Bonchev–Trinajstić information content (AvgIpc) is 2.96. The molecule has 1 unspecified atom stereocenters. The minimum absolute atomic E-state index is 0.137. The molecule has 0 saturated carbocycles. The first-order valence-electron chi connectivity index (χ1n) is 13.8. The van der Waals surface area contributed by atoms with Crippen LogP contribution in [0, 0.1) is 5.41 Å². The number of anilines is 1. The number of nitrogens with zero attached hydrogens (tertiary/aromatic N) is 1. The van der Waals surface area contributed by atoms with Crippen LogP contribution in [0.1, 0.15) is 43.7 Å². The molecule has 0 bridgehead atoms. The van der Waals surface area contributed by atoms with Gasteiger partial charge in [-0.05, 0) is 52.3 Å². The number of carbonyl (C=O) groups is 1. The number of carbonyl (C=O) groups excluding carboxylic acids is 1. The van der Waals surface area contributed by atoms with Gasteiger partial charge < -0.3 is 10.4 Å². The number of aromatic hydroxyl groups is 1. The number of pyridine rings is 1. The highest BCUT2D eigenvalue weighted by Crippen LogP contribution is 2.52. The molecule has 5 aromatic rings. The summed E-state index contributed by atoms with van der Waals surface area (Å²) in [6, 6.07) is 32.3. The van der Waals surface area contributed by atoms with Crippen molar-refractivity contribution in [3.05, 3.63) is 126 Å². The van der Waals surface area contributed by atoms with E-state index in [2.05, 4.69) is 49.5 Å². The largest absolute Gasteiger partial charge is 0.507 e. The number of Topliss-reactive ketones (excluding diaryl/α,β-unsaturated/α-hetero) is 1. The SMILES string of the molecule is CC1(C)CC(=O)C2=C(C1)Nc1c(ccc3cccnc13)C2c1cc(-c2ccccc2)c(O)c(-c2ccccc2)c1. The quantitative estimate of drug-likeness (QED) is 0.249. The smallest absolute Gasteiger partial charge is 0.162 e. The van der Waals surface area contributed by atoms with E-state index in [0.29, 0.717) is 6.42 Å². The fraction of sp³-hybridized carbons (Fsp3) is 0.167. The molecule has 1 aliphatic heterocycles. The monoisotopic (exact) mass is 522 g/mol. The summed E-state index contributed by atoms with van der Waals surface area (Å²) < 4.78 is 0. The first kappa shape index (κ1) is 24.3. The van der Waals surface area contributed by atoms with E-state index >= 15 is 0 Å². The second kappa shape index (κ2) is 9.20. The number of aromatic nitrogens is 1. The van der Waals surface area contributed by atoms with E-state index < -0.39 is 0 Å². The van der Waals surface area contributed by atoms with Crippen LogP contribution in [0.15, 0.2) is 115 Å². The van der Waals surface area contributed by atoms with E-state index in [-0.39, 0.29) is 22.9 Å². The van der Waals surface area contributed by atoms with Crippen LogP contribution in [0.4, 0.5) is 5.69 Å². The third-order valence-electron chi connectivity index (χ3n) is 8.24. The molecule has 0 fully saturated rings. The average molecular weight is 523 g/mol. The van der Waals surface area contributed by atoms with Crippen LogP contribution in [-0.4, -0.2) is 15.9 Å². The summed E-state index contributed by atoms with van der Waals surface area (Å²) in [6.45, 7) is 4.31. The van der Waals surface area contributed by atoms with E-state index in [1.807, 2.05) is 72.9 Å². The van der Waals surface area contributed by atoms with Crippen molar-refractivity contribution in [3.8, 4) is 28.0 Å². The zero-order valence-corrected chi connectivity index (χ0v) is 22.6. The first-order chi connectivity index (χ1) is 19.4. The van der Waals surface area contributed by atoms with Crippen molar-refractivity contribution >= 4 is 22.4 Å². The van der Waals surface area contributed by atoms with Crippen molar-refractivity contribution in [2.24, 2.45) is 5.41 Å². The Kier molecular flexibility index (Phi) is 5.60. The molecule has 1 aromatic heterocycles. The molecule has 2 N–H and O–H groups in total. The normalized spacial score (nSPS) is 17.8. The Balaban J connectivity index is 1.54. The third kappa shape index (κ3) is 3.99. The van der Waals surface area contributed by atoms with Crippen molar-refractivity contribution in [1.82, 2.24) is 4.98 Å². The third-order valence-corrected chi connectivity index (χ3v) is 8.24. The van der Waals surface area contributed by atoms with Crippen molar-refractivity contribution in [2.45, 2.75) is 32.6 Å². The van der Waals surface area contributed by atoms with Crippen LogP contribution in [-0.2, 0) is 4.79 Å². The van der Waals surface area contributed by atoms with Gasteiger partial charge in [0.25, 0.3) is 0 Å². The predicted molar refractivity (Wildman–Crippen MR) is 161 cm³/mol. The van der Waals surface area contributed by atoms with Gasteiger partial charge in [-0.2, -0.15) is 0 Å². The fourth-order valence-electron chi connectivity index (χ4n) is 6.47. The number of phenols is 1. The highest BCUT2D eigenvalue weighted by atomic mass is 16.3. The maximum absolute atomic E-state index is 13.9. The van der Waals surface area contributed by atoms with Gasteiger partial charge in [0.05, 0.1) is 11.2 Å². The lowest BCUT2D eigenvalue weighted by Gasteiger charge is -2.40. The lowest BCUT2D eigenvalue weighted by Crippen LogP contribution is -2.34. The molecule has 0 spiro atoms. The molecule has 40 heavy (non-hydrogen) atoms. The Hall–Kier alpha value is -4.70. The van der Waals surface area contributed by atoms with Gasteiger partial charge in [0.2, 0.25) is 0 Å². The molecule has 2 heterocycles. The van der Waals surface area contributed by atoms with Crippen LogP contribution < -0.4 is 5.32 Å². The number of rotatable bonds is 3. The lowest BCUT2D eigenvalue weighted by molar-refractivity contribution is -0.118. The molecule has 4 aromatic carbocycles. The minimum Gasteiger partial charge on any atom is -0.507 e. The number of fused-ring (bicyclic) bond motifs is 3. The van der Waals surface area contributed by atoms with Crippen molar-refractivity contribution < 1.29 is 9.90 Å². The van der Waals surface area contributed by atoms with E-state index in [9.17, 15) is 9.90 Å². The number of benzene rings is 4. The number of hydrogen-bond acceptors (Lipinski definition) is 4. The van der Waals surface area contributed by atoms with Crippen LogP contribution in [0.25, 0.3) is 33.2 Å². The summed E-state index contributed by atoms with van der Waals surface area (Å²) in [6.07, 6.45) is 3.10. The van der Waals surface area contributed by atoms with Gasteiger partial charge in [-0.1, -0.05) is 92.7 Å². The number of hydrogen-bond donors (Lipinski definition) is 2. The Bertz CT molecular complexity index is 1760. The molecular formula is C36H30N2O2. The van der Waals surface area contributed by atoms with E-state index in [1.165, 1.54) is 0 Å². The number of allylic oxidation sites excluding steroid dienone is 2. The van der Waals surface area contributed by atoms with Gasteiger partial charge in [-0.3, -0.25) is 9.78 Å². The van der Waals surface area contributed by atoms with Crippen molar-refractivity contribution in [2.75, 3.05) is 5.32 Å². The van der Waals surface area contributed by atoms with E-state index in [0.717, 1.165) is 67.7 Å².